The normalized spacial score (nSPS) is 12.8. The van der Waals surface area contributed by atoms with E-state index in [1.165, 1.54) is 0 Å². The van der Waals surface area contributed by atoms with Crippen LogP contribution in [-0.2, 0) is 11.2 Å². The molecular formula is C20H29N5O2S2. The lowest BCUT2D eigenvalue weighted by Gasteiger charge is -2.21. The van der Waals surface area contributed by atoms with E-state index in [0.717, 1.165) is 42.6 Å². The first kappa shape index (κ1) is 23.0. The number of rotatable bonds is 11. The van der Waals surface area contributed by atoms with Crippen LogP contribution in [0.3, 0.4) is 0 Å². The van der Waals surface area contributed by atoms with E-state index in [2.05, 4.69) is 40.0 Å². The molecule has 2 atom stereocenters. The molecule has 2 rings (SSSR count). The van der Waals surface area contributed by atoms with Gasteiger partial charge in [-0.1, -0.05) is 74.8 Å². The van der Waals surface area contributed by atoms with Gasteiger partial charge in [0.2, 0.25) is 11.0 Å². The lowest BCUT2D eigenvalue weighted by molar-refractivity contribution is -0.123. The molecule has 1 aromatic carbocycles. The van der Waals surface area contributed by atoms with Gasteiger partial charge in [-0.25, -0.2) is 4.79 Å². The molecule has 0 aliphatic rings. The smallest absolute Gasteiger partial charge is 0.321 e. The first-order chi connectivity index (χ1) is 14.0. The van der Waals surface area contributed by atoms with Crippen LogP contribution in [0.15, 0.2) is 30.3 Å². The average Bonchev–Trinajstić information content (AvgIpc) is 3.12. The molecule has 0 spiro atoms. The maximum absolute atomic E-state index is 12.8. The molecule has 0 aliphatic heterocycles. The second-order valence-corrected chi connectivity index (χ2v) is 8.59. The van der Waals surface area contributed by atoms with E-state index in [1.807, 2.05) is 30.3 Å². The average molecular weight is 436 g/mol. The van der Waals surface area contributed by atoms with Crippen molar-refractivity contribution >= 4 is 40.6 Å². The Kier molecular flexibility index (Phi) is 9.79. The topological polar surface area (TPSA) is 98.9 Å². The highest BCUT2D eigenvalue weighted by molar-refractivity contribution is 7.73. The second kappa shape index (κ2) is 12.3. The summed E-state index contributed by atoms with van der Waals surface area (Å²) < 4.78 is 0.469. The quantitative estimate of drug-likeness (QED) is 0.396. The van der Waals surface area contributed by atoms with Crippen molar-refractivity contribution in [3.63, 3.8) is 0 Å². The molecule has 0 saturated heterocycles. The molecule has 7 nitrogen and oxygen atoms in total. The van der Waals surface area contributed by atoms with Gasteiger partial charge in [-0.2, -0.15) is 0 Å². The van der Waals surface area contributed by atoms with Crippen LogP contribution in [0.2, 0.25) is 0 Å². The van der Waals surface area contributed by atoms with Crippen LogP contribution in [0.4, 0.5) is 9.93 Å². The van der Waals surface area contributed by atoms with Gasteiger partial charge < -0.3 is 10.6 Å². The Labute approximate surface area is 180 Å². The molecule has 0 fully saturated rings. The zero-order valence-corrected chi connectivity index (χ0v) is 18.5. The number of carbonyl (C=O) groups is 2. The SMILES string of the molecule is CCCCC(CC)CNC(=O)C(Cc1ccccc1)NC(=O)Nc1n[nH]c(=S)s1. The molecule has 1 heterocycles. The minimum absolute atomic E-state index is 0.186. The summed E-state index contributed by atoms with van der Waals surface area (Å²) in [6, 6.07) is 8.45. The molecule has 1 aromatic heterocycles. The van der Waals surface area contributed by atoms with E-state index in [1.54, 1.807) is 0 Å². The van der Waals surface area contributed by atoms with Crippen LogP contribution < -0.4 is 16.0 Å². The van der Waals surface area contributed by atoms with E-state index in [9.17, 15) is 9.59 Å². The van der Waals surface area contributed by atoms with Gasteiger partial charge in [0, 0.05) is 13.0 Å². The lowest BCUT2D eigenvalue weighted by atomic mass is 9.99. The van der Waals surface area contributed by atoms with E-state index in [0.29, 0.717) is 28.0 Å². The third-order valence-corrected chi connectivity index (χ3v) is 5.68. The van der Waals surface area contributed by atoms with Gasteiger partial charge in [0.1, 0.15) is 6.04 Å². The Morgan fingerprint density at radius 2 is 2.00 bits per heavy atom. The number of urea groups is 1. The largest absolute Gasteiger partial charge is 0.354 e. The zero-order chi connectivity index (χ0) is 21.1. The molecular weight excluding hydrogens is 406 g/mol. The minimum Gasteiger partial charge on any atom is -0.354 e. The summed E-state index contributed by atoms with van der Waals surface area (Å²) in [5.74, 6) is 0.259. The van der Waals surface area contributed by atoms with Gasteiger partial charge in [0.25, 0.3) is 0 Å². The van der Waals surface area contributed by atoms with Crippen molar-refractivity contribution in [2.75, 3.05) is 11.9 Å². The minimum atomic E-state index is -0.687. The number of anilines is 1. The zero-order valence-electron chi connectivity index (χ0n) is 16.9. The molecule has 2 unspecified atom stereocenters. The third-order valence-electron chi connectivity index (χ3n) is 4.67. The van der Waals surface area contributed by atoms with Gasteiger partial charge in [0.15, 0.2) is 3.95 Å². The molecule has 0 saturated carbocycles. The Bertz CT molecular complexity index is 822. The summed E-state index contributed by atoms with van der Waals surface area (Å²) in [6.07, 6.45) is 4.80. The number of aromatic amines is 1. The van der Waals surface area contributed by atoms with Crippen LogP contribution in [0.1, 0.15) is 45.1 Å². The molecule has 9 heteroatoms. The third kappa shape index (κ3) is 8.33. The number of unbranched alkanes of at least 4 members (excludes halogenated alkanes) is 1. The Hall–Kier alpha value is -2.26. The molecule has 0 bridgehead atoms. The number of nitrogens with zero attached hydrogens (tertiary/aromatic N) is 1. The monoisotopic (exact) mass is 435 g/mol. The highest BCUT2D eigenvalue weighted by atomic mass is 32.1. The number of nitrogens with one attached hydrogen (secondary N) is 4. The molecule has 4 N–H and O–H groups in total. The Morgan fingerprint density at radius 1 is 1.24 bits per heavy atom. The number of benzene rings is 1. The highest BCUT2D eigenvalue weighted by Gasteiger charge is 2.22. The molecule has 2 aromatic rings. The molecule has 0 radical (unpaired) electrons. The summed E-state index contributed by atoms with van der Waals surface area (Å²) in [5.41, 5.74) is 0.974. The highest BCUT2D eigenvalue weighted by Crippen LogP contribution is 2.12. The summed E-state index contributed by atoms with van der Waals surface area (Å²) in [7, 11) is 0. The van der Waals surface area contributed by atoms with Gasteiger partial charge in [-0.05, 0) is 30.1 Å². The van der Waals surface area contributed by atoms with Crippen molar-refractivity contribution in [1.82, 2.24) is 20.8 Å². The Balaban J connectivity index is 2.00. The van der Waals surface area contributed by atoms with Crippen LogP contribution in [0.25, 0.3) is 0 Å². The van der Waals surface area contributed by atoms with Crippen LogP contribution >= 0.6 is 23.6 Å². The van der Waals surface area contributed by atoms with Crippen molar-refractivity contribution in [2.24, 2.45) is 5.92 Å². The van der Waals surface area contributed by atoms with Crippen molar-refractivity contribution in [3.8, 4) is 0 Å². The second-order valence-electron chi connectivity index (χ2n) is 6.92. The predicted octanol–water partition coefficient (Wildman–Crippen LogP) is 4.27. The predicted molar refractivity (Wildman–Crippen MR) is 120 cm³/mol. The van der Waals surface area contributed by atoms with Gasteiger partial charge in [0.05, 0.1) is 0 Å². The molecule has 0 aliphatic carbocycles. The maximum Gasteiger partial charge on any atom is 0.321 e. The number of aromatic nitrogens is 2. The van der Waals surface area contributed by atoms with Gasteiger partial charge in [-0.15, -0.1) is 5.10 Å². The van der Waals surface area contributed by atoms with Crippen LogP contribution in [0, 0.1) is 9.87 Å². The summed E-state index contributed by atoms with van der Waals surface area (Å²) in [6.45, 7) is 4.92. The van der Waals surface area contributed by atoms with Crippen LogP contribution in [0.5, 0.6) is 0 Å². The summed E-state index contributed by atoms with van der Waals surface area (Å²) >= 11 is 6.12. The van der Waals surface area contributed by atoms with E-state index in [-0.39, 0.29) is 5.91 Å². The number of amides is 3. The molecule has 158 valence electrons. The standard InChI is InChI=1S/C20H29N5O2S2/c1-3-5-9-14(4-2)13-21-17(26)16(12-15-10-7-6-8-11-15)22-18(27)23-19-24-25-20(28)29-19/h6-8,10-11,14,16H,3-5,9,12-13H2,1-2H3,(H,21,26)(H,25,28)(H2,22,23,24,27). The Morgan fingerprint density at radius 3 is 2.62 bits per heavy atom. The van der Waals surface area contributed by atoms with E-state index >= 15 is 0 Å². The first-order valence-corrected chi connectivity index (χ1v) is 11.2. The number of carbonyl (C=O) groups excluding carboxylic acids is 2. The van der Waals surface area contributed by atoms with E-state index in [4.69, 9.17) is 12.2 Å². The fraction of sp³-hybridized carbons (Fsp3) is 0.500. The maximum atomic E-state index is 12.8. The number of hydrogen-bond acceptors (Lipinski definition) is 5. The van der Waals surface area contributed by atoms with E-state index < -0.39 is 12.1 Å². The number of hydrogen-bond donors (Lipinski definition) is 4. The lowest BCUT2D eigenvalue weighted by Crippen LogP contribution is -2.50. The van der Waals surface area contributed by atoms with Gasteiger partial charge in [-0.3, -0.25) is 15.2 Å². The summed E-state index contributed by atoms with van der Waals surface area (Å²) in [4.78, 5) is 25.2. The molecule has 3 amide bonds. The molecule has 29 heavy (non-hydrogen) atoms. The number of H-pyrrole nitrogens is 1. The van der Waals surface area contributed by atoms with Crippen molar-refractivity contribution in [3.05, 3.63) is 39.8 Å². The van der Waals surface area contributed by atoms with Crippen LogP contribution in [-0.4, -0.2) is 34.7 Å². The fourth-order valence-electron chi connectivity index (χ4n) is 2.95. The van der Waals surface area contributed by atoms with Gasteiger partial charge >= 0.3 is 6.03 Å². The van der Waals surface area contributed by atoms with Crippen molar-refractivity contribution < 1.29 is 9.59 Å². The fourth-order valence-corrected chi connectivity index (χ4v) is 3.73. The van der Waals surface area contributed by atoms with Crippen molar-refractivity contribution in [1.29, 1.82) is 0 Å². The summed E-state index contributed by atoms with van der Waals surface area (Å²) in [5, 5.41) is 15.3. The van der Waals surface area contributed by atoms with Crippen molar-refractivity contribution in [2.45, 2.75) is 52.0 Å². The first-order valence-electron chi connectivity index (χ1n) is 9.96.